The van der Waals surface area contributed by atoms with E-state index in [9.17, 15) is 14.7 Å². The highest BCUT2D eigenvalue weighted by atomic mass is 35.5. The van der Waals surface area contributed by atoms with Crippen LogP contribution in [0.15, 0.2) is 12.1 Å². The van der Waals surface area contributed by atoms with E-state index in [4.69, 9.17) is 34.8 Å². The Balaban J connectivity index is 2.62. The van der Waals surface area contributed by atoms with Crippen molar-refractivity contribution in [2.24, 2.45) is 0 Å². The van der Waals surface area contributed by atoms with E-state index < -0.39 is 23.8 Å². The molecule has 4 nitrogen and oxygen atoms in total. The Kier molecular flexibility index (Phi) is 3.08. The third-order valence-electron chi connectivity index (χ3n) is 2.47. The van der Waals surface area contributed by atoms with E-state index in [-0.39, 0.29) is 20.6 Å². The molecule has 0 bridgehead atoms. The molecular formula is C10H6Cl3NO3. The molecule has 1 atom stereocenters. The Bertz CT molecular complexity index is 509. The van der Waals surface area contributed by atoms with E-state index >= 15 is 0 Å². The predicted molar refractivity (Wildman–Crippen MR) is 63.1 cm³/mol. The van der Waals surface area contributed by atoms with Gasteiger partial charge in [-0.3, -0.25) is 14.9 Å². The second kappa shape index (κ2) is 4.14. The Labute approximate surface area is 111 Å². The quantitative estimate of drug-likeness (QED) is 0.777. The molecule has 2 amide bonds. The number of benzene rings is 1. The number of amides is 2. The summed E-state index contributed by atoms with van der Waals surface area (Å²) >= 11 is 17.5. The van der Waals surface area contributed by atoms with Gasteiger partial charge < -0.3 is 5.11 Å². The normalized spacial score (nSPS) is 24.0. The fourth-order valence-electron chi connectivity index (χ4n) is 1.73. The molecule has 1 unspecified atom stereocenters. The highest BCUT2D eigenvalue weighted by molar-refractivity contribution is 6.40. The molecule has 1 saturated heterocycles. The number of rotatable bonds is 1. The van der Waals surface area contributed by atoms with Gasteiger partial charge in [0.15, 0.2) is 5.60 Å². The maximum absolute atomic E-state index is 11.6. The molecule has 0 radical (unpaired) electrons. The van der Waals surface area contributed by atoms with Crippen LogP contribution in [0, 0.1) is 0 Å². The highest BCUT2D eigenvalue weighted by Gasteiger charge is 2.49. The summed E-state index contributed by atoms with van der Waals surface area (Å²) in [5, 5.41) is 12.6. The molecule has 2 rings (SSSR count). The number of aliphatic hydroxyl groups is 1. The zero-order valence-electron chi connectivity index (χ0n) is 8.26. The van der Waals surface area contributed by atoms with E-state index in [1.54, 1.807) is 0 Å². The van der Waals surface area contributed by atoms with Crippen LogP contribution in [0.25, 0.3) is 0 Å². The zero-order chi connectivity index (χ0) is 12.8. The van der Waals surface area contributed by atoms with Crippen LogP contribution in [0.2, 0.25) is 15.1 Å². The van der Waals surface area contributed by atoms with Crippen LogP contribution in [0.4, 0.5) is 0 Å². The van der Waals surface area contributed by atoms with Gasteiger partial charge in [0.05, 0.1) is 16.5 Å². The number of imide groups is 1. The number of halogens is 3. The summed E-state index contributed by atoms with van der Waals surface area (Å²) in [5.41, 5.74) is -2.04. The van der Waals surface area contributed by atoms with E-state index in [2.05, 4.69) is 0 Å². The molecule has 0 saturated carbocycles. The van der Waals surface area contributed by atoms with Gasteiger partial charge in [-0.1, -0.05) is 34.8 Å². The van der Waals surface area contributed by atoms with E-state index in [1.807, 2.05) is 5.32 Å². The summed E-state index contributed by atoms with van der Waals surface area (Å²) in [6.07, 6.45) is -0.410. The summed E-state index contributed by atoms with van der Waals surface area (Å²) in [7, 11) is 0. The van der Waals surface area contributed by atoms with Crippen LogP contribution in [0.3, 0.4) is 0 Å². The summed E-state index contributed by atoms with van der Waals surface area (Å²) in [6.45, 7) is 0. The Morgan fingerprint density at radius 1 is 1.18 bits per heavy atom. The van der Waals surface area contributed by atoms with Crippen LogP contribution >= 0.6 is 34.8 Å². The molecule has 1 aromatic rings. The molecule has 0 spiro atoms. The zero-order valence-corrected chi connectivity index (χ0v) is 10.5. The average molecular weight is 295 g/mol. The molecular weight excluding hydrogens is 288 g/mol. The lowest BCUT2D eigenvalue weighted by atomic mass is 9.92. The fourth-order valence-corrected chi connectivity index (χ4v) is 2.86. The van der Waals surface area contributed by atoms with Crippen molar-refractivity contribution >= 4 is 46.6 Å². The minimum Gasteiger partial charge on any atom is -0.375 e. The molecule has 1 aliphatic rings. The Morgan fingerprint density at radius 2 is 1.71 bits per heavy atom. The van der Waals surface area contributed by atoms with Crippen LogP contribution < -0.4 is 5.32 Å². The van der Waals surface area contributed by atoms with Crippen LogP contribution in [0.1, 0.15) is 12.0 Å². The number of hydrogen-bond donors (Lipinski definition) is 2. The van der Waals surface area contributed by atoms with Crippen LogP contribution in [0.5, 0.6) is 0 Å². The Hall–Kier alpha value is -0.810. The lowest BCUT2D eigenvalue weighted by Gasteiger charge is -2.21. The molecule has 90 valence electrons. The third kappa shape index (κ3) is 2.02. The maximum Gasteiger partial charge on any atom is 0.263 e. The summed E-state index contributed by atoms with van der Waals surface area (Å²) in [6, 6.07) is 2.69. The van der Waals surface area contributed by atoms with Crippen LogP contribution in [-0.4, -0.2) is 16.9 Å². The first-order valence-electron chi connectivity index (χ1n) is 4.56. The van der Waals surface area contributed by atoms with Crippen molar-refractivity contribution in [3.8, 4) is 0 Å². The van der Waals surface area contributed by atoms with Gasteiger partial charge in [-0.15, -0.1) is 0 Å². The highest BCUT2D eigenvalue weighted by Crippen LogP contribution is 2.40. The lowest BCUT2D eigenvalue weighted by molar-refractivity contribution is -0.135. The second-order valence-corrected chi connectivity index (χ2v) is 4.91. The summed E-state index contributed by atoms with van der Waals surface area (Å²) in [4.78, 5) is 22.7. The second-order valence-electron chi connectivity index (χ2n) is 3.66. The molecule has 17 heavy (non-hydrogen) atoms. The first-order valence-corrected chi connectivity index (χ1v) is 5.69. The van der Waals surface area contributed by atoms with Gasteiger partial charge in [0.1, 0.15) is 0 Å². The molecule has 7 heteroatoms. The molecule has 1 fully saturated rings. The Morgan fingerprint density at radius 3 is 2.12 bits per heavy atom. The fraction of sp³-hybridized carbons (Fsp3) is 0.200. The van der Waals surface area contributed by atoms with Crippen molar-refractivity contribution in [1.29, 1.82) is 0 Å². The lowest BCUT2D eigenvalue weighted by Crippen LogP contribution is -2.35. The molecule has 1 aromatic carbocycles. The molecule has 1 heterocycles. The predicted octanol–water partition coefficient (Wildman–Crippen LogP) is 1.88. The average Bonchev–Trinajstić information content (AvgIpc) is 2.38. The molecule has 2 N–H and O–H groups in total. The molecule has 0 aromatic heterocycles. The SMILES string of the molecule is O=C1CC(O)(c2c(Cl)cc(Cl)cc2Cl)C(=O)N1. The van der Waals surface area contributed by atoms with Crippen molar-refractivity contribution in [2.75, 3.05) is 0 Å². The number of carbonyl (C=O) groups is 2. The van der Waals surface area contributed by atoms with Gasteiger partial charge in [0, 0.05) is 10.6 Å². The van der Waals surface area contributed by atoms with E-state index in [0.717, 1.165) is 0 Å². The van der Waals surface area contributed by atoms with Crippen LogP contribution in [-0.2, 0) is 15.2 Å². The van der Waals surface area contributed by atoms with Gasteiger partial charge in [-0.25, -0.2) is 0 Å². The first kappa shape index (κ1) is 12.6. The van der Waals surface area contributed by atoms with Gasteiger partial charge in [-0.05, 0) is 12.1 Å². The maximum atomic E-state index is 11.6. The van der Waals surface area contributed by atoms with Crippen molar-refractivity contribution in [1.82, 2.24) is 5.32 Å². The molecule has 0 aliphatic carbocycles. The van der Waals surface area contributed by atoms with E-state index in [0.29, 0.717) is 0 Å². The standard InChI is InChI=1S/C10H6Cl3NO3/c11-4-1-5(12)8(6(13)2-4)10(17)3-7(15)14-9(10)16/h1-2,17H,3H2,(H,14,15,16). The van der Waals surface area contributed by atoms with Crippen molar-refractivity contribution < 1.29 is 14.7 Å². The minimum atomic E-state index is -2.03. The smallest absolute Gasteiger partial charge is 0.263 e. The molecule has 1 aliphatic heterocycles. The topological polar surface area (TPSA) is 66.4 Å². The van der Waals surface area contributed by atoms with Crippen molar-refractivity contribution in [3.63, 3.8) is 0 Å². The minimum absolute atomic E-state index is 0.00594. The number of nitrogens with one attached hydrogen (secondary N) is 1. The third-order valence-corrected chi connectivity index (χ3v) is 3.28. The first-order chi connectivity index (χ1) is 7.84. The summed E-state index contributed by atoms with van der Waals surface area (Å²) in [5.74, 6) is -1.42. The van der Waals surface area contributed by atoms with Crippen molar-refractivity contribution in [2.45, 2.75) is 12.0 Å². The van der Waals surface area contributed by atoms with E-state index in [1.165, 1.54) is 12.1 Å². The van der Waals surface area contributed by atoms with Gasteiger partial charge >= 0.3 is 0 Å². The van der Waals surface area contributed by atoms with Crippen molar-refractivity contribution in [3.05, 3.63) is 32.8 Å². The summed E-state index contributed by atoms with van der Waals surface area (Å²) < 4.78 is 0. The van der Waals surface area contributed by atoms with Gasteiger partial charge in [0.25, 0.3) is 5.91 Å². The van der Waals surface area contributed by atoms with Gasteiger partial charge in [0.2, 0.25) is 5.91 Å². The van der Waals surface area contributed by atoms with Gasteiger partial charge in [-0.2, -0.15) is 0 Å². The monoisotopic (exact) mass is 293 g/mol. The number of hydrogen-bond acceptors (Lipinski definition) is 3. The number of carbonyl (C=O) groups excluding carboxylic acids is 2. The largest absolute Gasteiger partial charge is 0.375 e.